The van der Waals surface area contributed by atoms with E-state index in [0.29, 0.717) is 0 Å². The highest BCUT2D eigenvalue weighted by Crippen LogP contribution is 2.46. The zero-order valence-corrected chi connectivity index (χ0v) is 29.0. The maximum absolute atomic E-state index is 5.67. The summed E-state index contributed by atoms with van der Waals surface area (Å²) in [6, 6.07) is 57.3. The van der Waals surface area contributed by atoms with Crippen molar-refractivity contribution in [3.63, 3.8) is 0 Å². The van der Waals surface area contributed by atoms with Gasteiger partial charge < -0.3 is 4.40 Å². The van der Waals surface area contributed by atoms with Crippen LogP contribution >= 0.6 is 11.3 Å². The van der Waals surface area contributed by atoms with Crippen molar-refractivity contribution in [2.45, 2.75) is 0 Å². The molecule has 0 saturated carbocycles. The minimum Gasteiger partial charge on any atom is -0.308 e. The monoisotopic (exact) mass is 690 g/mol. The van der Waals surface area contributed by atoms with E-state index in [9.17, 15) is 0 Å². The van der Waals surface area contributed by atoms with E-state index in [0.717, 1.165) is 49.9 Å². The Morgan fingerprint density at radius 3 is 1.98 bits per heavy atom. The molecule has 5 aromatic heterocycles. The van der Waals surface area contributed by atoms with E-state index in [2.05, 4.69) is 167 Å². The molecule has 0 spiro atoms. The van der Waals surface area contributed by atoms with Gasteiger partial charge in [0.05, 0.1) is 38.6 Å². The number of fused-ring (bicyclic) bond motifs is 11. The fourth-order valence-electron chi connectivity index (χ4n) is 9.30. The lowest BCUT2D eigenvalue weighted by atomic mass is 10.0. The van der Waals surface area contributed by atoms with E-state index in [1.807, 2.05) is 11.3 Å². The third kappa shape index (κ3) is 3.50. The van der Waals surface area contributed by atoms with Crippen molar-refractivity contribution >= 4 is 113 Å². The maximum Gasteiger partial charge on any atom is 0.165 e. The molecule has 0 radical (unpaired) electrons. The summed E-state index contributed by atoms with van der Waals surface area (Å²) in [6.45, 7) is 0. The fourth-order valence-corrected chi connectivity index (χ4v) is 10.4. The number of aromatic nitrogens is 4. The van der Waals surface area contributed by atoms with E-state index in [4.69, 9.17) is 9.97 Å². The Morgan fingerprint density at radius 1 is 0.415 bits per heavy atom. The predicted octanol–water partition coefficient (Wildman–Crippen LogP) is 13.1. The van der Waals surface area contributed by atoms with Gasteiger partial charge in [-0.05, 0) is 53.2 Å². The van der Waals surface area contributed by atoms with E-state index in [1.165, 1.54) is 69.0 Å². The number of benzene rings is 8. The summed E-state index contributed by atoms with van der Waals surface area (Å²) in [5, 5.41) is 12.2. The number of para-hydroxylation sites is 2. The predicted molar refractivity (Wildman–Crippen MR) is 224 cm³/mol. The number of thiophene rings is 1. The normalized spacial score (nSPS) is 12.5. The Balaban J connectivity index is 1.27. The fraction of sp³-hybridized carbons (Fsp3) is 0. The van der Waals surface area contributed by atoms with Gasteiger partial charge in [0.15, 0.2) is 5.82 Å². The van der Waals surface area contributed by atoms with Crippen molar-refractivity contribution in [1.29, 1.82) is 0 Å². The second-order valence-corrected chi connectivity index (χ2v) is 15.2. The van der Waals surface area contributed by atoms with Gasteiger partial charge >= 0.3 is 0 Å². The first-order valence-corrected chi connectivity index (χ1v) is 18.8. The van der Waals surface area contributed by atoms with E-state index in [1.54, 1.807) is 0 Å². The van der Waals surface area contributed by atoms with Crippen LogP contribution in [0.2, 0.25) is 0 Å². The Labute approximate surface area is 305 Å². The SMILES string of the molecule is c1ccc2c(c1)ccc1nc(-n3c4cccc5c6cccc7c8ccccc8n(c8cccc3c8c54)c67)c(-c3cccc4sc5ccccc5c34)nc12. The van der Waals surface area contributed by atoms with Crippen LogP contribution in [0.3, 0.4) is 0 Å². The van der Waals surface area contributed by atoms with Crippen molar-refractivity contribution in [2.24, 2.45) is 0 Å². The molecule has 5 heterocycles. The van der Waals surface area contributed by atoms with Crippen LogP contribution in [0.15, 0.2) is 158 Å². The van der Waals surface area contributed by atoms with Crippen LogP contribution in [0.25, 0.3) is 119 Å². The first-order chi connectivity index (χ1) is 26.3. The Kier molecular flexibility index (Phi) is 5.22. The van der Waals surface area contributed by atoms with Crippen LogP contribution in [0.4, 0.5) is 0 Å². The van der Waals surface area contributed by atoms with Crippen LogP contribution in [-0.2, 0) is 0 Å². The highest BCUT2D eigenvalue weighted by molar-refractivity contribution is 7.25. The molecule has 4 nitrogen and oxygen atoms in total. The largest absolute Gasteiger partial charge is 0.308 e. The highest BCUT2D eigenvalue weighted by atomic mass is 32.1. The first-order valence-electron chi connectivity index (χ1n) is 18.0. The molecule has 0 saturated heterocycles. The van der Waals surface area contributed by atoms with Crippen LogP contribution in [-0.4, -0.2) is 18.9 Å². The molecule has 0 bridgehead atoms. The lowest BCUT2D eigenvalue weighted by Gasteiger charge is -2.16. The summed E-state index contributed by atoms with van der Waals surface area (Å²) in [5.41, 5.74) is 9.65. The zero-order chi connectivity index (χ0) is 34.4. The molecule has 5 heteroatoms. The van der Waals surface area contributed by atoms with E-state index >= 15 is 0 Å². The van der Waals surface area contributed by atoms with Gasteiger partial charge in [0.25, 0.3) is 0 Å². The number of nitrogens with zero attached hydrogens (tertiary/aromatic N) is 4. The Bertz CT molecular complexity index is 3700. The van der Waals surface area contributed by atoms with Gasteiger partial charge in [-0.25, -0.2) is 9.97 Å². The van der Waals surface area contributed by atoms with Gasteiger partial charge in [-0.2, -0.15) is 0 Å². The van der Waals surface area contributed by atoms with Gasteiger partial charge in [-0.1, -0.05) is 115 Å². The topological polar surface area (TPSA) is 35.1 Å². The number of hydrogen-bond acceptors (Lipinski definition) is 3. The molecular weight excluding hydrogens is 665 g/mol. The van der Waals surface area contributed by atoms with Crippen LogP contribution in [0, 0.1) is 0 Å². The smallest absolute Gasteiger partial charge is 0.165 e. The molecular formula is C48H26N4S. The molecule has 0 aliphatic heterocycles. The molecule has 0 aliphatic rings. The molecule has 8 aromatic carbocycles. The highest BCUT2D eigenvalue weighted by Gasteiger charge is 2.25. The van der Waals surface area contributed by atoms with E-state index < -0.39 is 0 Å². The molecule has 0 atom stereocenters. The Hall–Kier alpha value is -6.82. The van der Waals surface area contributed by atoms with Crippen molar-refractivity contribution in [3.8, 4) is 17.1 Å². The zero-order valence-electron chi connectivity index (χ0n) is 28.2. The molecule has 0 N–H and O–H groups in total. The van der Waals surface area contributed by atoms with Gasteiger partial charge in [-0.3, -0.25) is 4.57 Å². The second-order valence-electron chi connectivity index (χ2n) is 14.1. The summed E-state index contributed by atoms with van der Waals surface area (Å²) < 4.78 is 7.39. The molecule has 13 aromatic rings. The molecule has 244 valence electrons. The van der Waals surface area contributed by atoms with Crippen LogP contribution in [0.5, 0.6) is 0 Å². The lowest BCUT2D eigenvalue weighted by molar-refractivity contribution is 1.08. The van der Waals surface area contributed by atoms with Crippen molar-refractivity contribution < 1.29 is 0 Å². The molecule has 0 unspecified atom stereocenters. The van der Waals surface area contributed by atoms with Gasteiger partial charge in [0.1, 0.15) is 5.69 Å². The standard InChI is InChI=1S/C48H26N4S/c1-2-12-28-27(11-1)25-26-35-45(28)50-46(34-18-9-24-41-42(34)33-14-4-6-23-40(33)53-41)48(49-35)52-37-20-8-15-30-32-17-7-16-31-29-13-3-5-19-36(29)51(47(31)32)38-21-10-22-39(52)44(38)43(30)37/h1-26H. The number of rotatable bonds is 2. The lowest BCUT2D eigenvalue weighted by Crippen LogP contribution is -2.04. The Morgan fingerprint density at radius 2 is 1.06 bits per heavy atom. The summed E-state index contributed by atoms with van der Waals surface area (Å²) in [7, 11) is 0. The van der Waals surface area contributed by atoms with Gasteiger partial charge in [0, 0.05) is 58.1 Å². The average Bonchev–Trinajstić information content (AvgIpc) is 3.85. The average molecular weight is 691 g/mol. The summed E-state index contributed by atoms with van der Waals surface area (Å²) in [6.07, 6.45) is 0. The number of hydrogen-bond donors (Lipinski definition) is 0. The summed E-state index contributed by atoms with van der Waals surface area (Å²) in [4.78, 5) is 11.3. The summed E-state index contributed by atoms with van der Waals surface area (Å²) in [5.74, 6) is 0.834. The molecule has 0 aliphatic carbocycles. The van der Waals surface area contributed by atoms with Gasteiger partial charge in [0.2, 0.25) is 0 Å². The quantitative estimate of drug-likeness (QED) is 0.169. The van der Waals surface area contributed by atoms with Crippen molar-refractivity contribution in [3.05, 3.63) is 158 Å². The van der Waals surface area contributed by atoms with Crippen molar-refractivity contribution in [2.75, 3.05) is 0 Å². The second kappa shape index (κ2) is 9.94. The molecule has 53 heavy (non-hydrogen) atoms. The first kappa shape index (κ1) is 27.8. The molecule has 0 amide bonds. The third-order valence-corrected chi connectivity index (χ3v) is 12.6. The molecule has 13 rings (SSSR count). The maximum atomic E-state index is 5.67. The summed E-state index contributed by atoms with van der Waals surface area (Å²) >= 11 is 1.83. The van der Waals surface area contributed by atoms with E-state index in [-0.39, 0.29) is 0 Å². The minimum absolute atomic E-state index is 0.834. The molecule has 0 fully saturated rings. The van der Waals surface area contributed by atoms with Crippen molar-refractivity contribution in [1.82, 2.24) is 18.9 Å². The van der Waals surface area contributed by atoms with Crippen LogP contribution in [0.1, 0.15) is 0 Å². The van der Waals surface area contributed by atoms with Crippen LogP contribution < -0.4 is 0 Å². The minimum atomic E-state index is 0.834. The van der Waals surface area contributed by atoms with Gasteiger partial charge in [-0.15, -0.1) is 11.3 Å². The third-order valence-electron chi connectivity index (χ3n) is 11.4.